The summed E-state index contributed by atoms with van der Waals surface area (Å²) < 4.78 is 0. The predicted molar refractivity (Wildman–Crippen MR) is 112 cm³/mol. The Morgan fingerprint density at radius 3 is 2.75 bits per heavy atom. The van der Waals surface area contributed by atoms with Crippen LogP contribution in [0, 0.1) is 25.2 Å². The standard InChI is InChI=1S/C22H15ClN4O/c1-12-7-13(2)19-14(8-12)9-15(20(23)26-19)10-16(11-24)21-25-18-6-4-3-5-17(18)22(28)27-21/h3-10H,1-2H3,(H,25,27,28). The fourth-order valence-corrected chi connectivity index (χ4v) is 3.46. The van der Waals surface area contributed by atoms with E-state index in [9.17, 15) is 10.1 Å². The lowest BCUT2D eigenvalue weighted by Gasteiger charge is -2.07. The number of fused-ring (bicyclic) bond motifs is 2. The first-order valence-corrected chi connectivity index (χ1v) is 9.03. The number of H-pyrrole nitrogens is 1. The van der Waals surface area contributed by atoms with E-state index in [4.69, 9.17) is 11.6 Å². The molecule has 5 nitrogen and oxygen atoms in total. The molecule has 0 spiro atoms. The van der Waals surface area contributed by atoms with Crippen LogP contribution >= 0.6 is 11.6 Å². The average Bonchev–Trinajstić information content (AvgIpc) is 2.67. The van der Waals surface area contributed by atoms with Crippen LogP contribution in [0.4, 0.5) is 0 Å². The SMILES string of the molecule is Cc1cc(C)c2nc(Cl)c(C=C(C#N)c3nc4ccccc4c(=O)[nH]3)cc2c1. The second-order valence-corrected chi connectivity index (χ2v) is 6.98. The first-order chi connectivity index (χ1) is 13.5. The number of benzene rings is 2. The first kappa shape index (κ1) is 17.9. The van der Waals surface area contributed by atoms with E-state index in [0.29, 0.717) is 16.5 Å². The zero-order chi connectivity index (χ0) is 19.8. The minimum atomic E-state index is -0.296. The largest absolute Gasteiger partial charge is 0.305 e. The zero-order valence-corrected chi connectivity index (χ0v) is 16.0. The van der Waals surface area contributed by atoms with E-state index in [1.54, 1.807) is 30.3 Å². The number of nitrogens with one attached hydrogen (secondary N) is 1. The number of nitrogens with zero attached hydrogens (tertiary/aromatic N) is 3. The number of aromatic nitrogens is 3. The Labute approximate surface area is 166 Å². The molecule has 0 saturated heterocycles. The predicted octanol–water partition coefficient (Wildman–Crippen LogP) is 4.81. The summed E-state index contributed by atoms with van der Waals surface area (Å²) in [5, 5.41) is 11.3. The van der Waals surface area contributed by atoms with Gasteiger partial charge in [-0.1, -0.05) is 35.4 Å². The lowest BCUT2D eigenvalue weighted by atomic mass is 10.0. The molecule has 2 heterocycles. The molecule has 0 bridgehead atoms. The highest BCUT2D eigenvalue weighted by molar-refractivity contribution is 6.31. The molecule has 0 aliphatic rings. The number of halogens is 1. The first-order valence-electron chi connectivity index (χ1n) is 8.65. The maximum absolute atomic E-state index is 12.3. The van der Waals surface area contributed by atoms with Gasteiger partial charge < -0.3 is 4.98 Å². The number of aromatic amines is 1. The Hall–Kier alpha value is -3.49. The molecule has 0 atom stereocenters. The third-order valence-electron chi connectivity index (χ3n) is 4.52. The van der Waals surface area contributed by atoms with Crippen molar-refractivity contribution < 1.29 is 0 Å². The zero-order valence-electron chi connectivity index (χ0n) is 15.2. The molecule has 2 aromatic heterocycles. The van der Waals surface area contributed by atoms with Crippen molar-refractivity contribution in [3.05, 3.63) is 80.5 Å². The molecule has 136 valence electrons. The Balaban J connectivity index is 1.91. The van der Waals surface area contributed by atoms with Crippen LogP contribution in [0.5, 0.6) is 0 Å². The van der Waals surface area contributed by atoms with Crippen LogP contribution in [0.2, 0.25) is 5.15 Å². The summed E-state index contributed by atoms with van der Waals surface area (Å²) in [5.74, 6) is 0.197. The quantitative estimate of drug-likeness (QED) is 0.396. The van der Waals surface area contributed by atoms with E-state index in [0.717, 1.165) is 22.0 Å². The topological polar surface area (TPSA) is 82.4 Å². The molecule has 6 heteroatoms. The van der Waals surface area contributed by atoms with Crippen molar-refractivity contribution in [1.29, 1.82) is 5.26 Å². The Kier molecular flexibility index (Phi) is 4.42. The van der Waals surface area contributed by atoms with Gasteiger partial charge >= 0.3 is 0 Å². The van der Waals surface area contributed by atoms with Crippen molar-refractivity contribution in [3.8, 4) is 6.07 Å². The summed E-state index contributed by atoms with van der Waals surface area (Å²) in [4.78, 5) is 23.9. The third-order valence-corrected chi connectivity index (χ3v) is 4.82. The summed E-state index contributed by atoms with van der Waals surface area (Å²) >= 11 is 6.37. The maximum Gasteiger partial charge on any atom is 0.259 e. The summed E-state index contributed by atoms with van der Waals surface area (Å²) in [6.45, 7) is 4.00. The highest BCUT2D eigenvalue weighted by Crippen LogP contribution is 2.27. The molecule has 0 saturated carbocycles. The average molecular weight is 387 g/mol. The number of allylic oxidation sites excluding steroid dienone is 1. The van der Waals surface area contributed by atoms with Gasteiger partial charge in [-0.15, -0.1) is 0 Å². The Morgan fingerprint density at radius 2 is 1.96 bits per heavy atom. The van der Waals surface area contributed by atoms with E-state index >= 15 is 0 Å². The van der Waals surface area contributed by atoms with Crippen LogP contribution in [0.1, 0.15) is 22.5 Å². The summed E-state index contributed by atoms with van der Waals surface area (Å²) in [7, 11) is 0. The second-order valence-electron chi connectivity index (χ2n) is 6.62. The Bertz CT molecular complexity index is 1380. The molecule has 2 aromatic carbocycles. The van der Waals surface area contributed by atoms with Gasteiger partial charge in [0.25, 0.3) is 5.56 Å². The summed E-state index contributed by atoms with van der Waals surface area (Å²) in [6.07, 6.45) is 1.60. The van der Waals surface area contributed by atoms with Crippen LogP contribution in [0.3, 0.4) is 0 Å². The van der Waals surface area contributed by atoms with Crippen LogP contribution in [-0.2, 0) is 0 Å². The van der Waals surface area contributed by atoms with Gasteiger partial charge in [0, 0.05) is 10.9 Å². The van der Waals surface area contributed by atoms with Gasteiger partial charge in [-0.3, -0.25) is 4.79 Å². The highest BCUT2D eigenvalue weighted by atomic mass is 35.5. The van der Waals surface area contributed by atoms with E-state index in [2.05, 4.69) is 21.0 Å². The van der Waals surface area contributed by atoms with Gasteiger partial charge in [-0.05, 0) is 49.8 Å². The molecule has 0 unspecified atom stereocenters. The van der Waals surface area contributed by atoms with Gasteiger partial charge in [0.2, 0.25) is 0 Å². The van der Waals surface area contributed by atoms with E-state index in [-0.39, 0.29) is 22.1 Å². The summed E-state index contributed by atoms with van der Waals surface area (Å²) in [6, 6.07) is 15.0. The monoisotopic (exact) mass is 386 g/mol. The molecule has 0 aliphatic heterocycles. The summed E-state index contributed by atoms with van der Waals surface area (Å²) in [5.41, 5.74) is 4.00. The van der Waals surface area contributed by atoms with Crippen molar-refractivity contribution in [1.82, 2.24) is 15.0 Å². The number of nitriles is 1. The fourth-order valence-electron chi connectivity index (χ4n) is 3.27. The Morgan fingerprint density at radius 1 is 1.18 bits per heavy atom. The second kappa shape index (κ2) is 6.91. The normalized spacial score (nSPS) is 11.7. The van der Waals surface area contributed by atoms with Crippen molar-refractivity contribution in [2.24, 2.45) is 0 Å². The van der Waals surface area contributed by atoms with Gasteiger partial charge in [-0.25, -0.2) is 9.97 Å². The maximum atomic E-state index is 12.3. The number of para-hydroxylation sites is 1. The van der Waals surface area contributed by atoms with Crippen molar-refractivity contribution in [2.45, 2.75) is 13.8 Å². The molecule has 28 heavy (non-hydrogen) atoms. The fraction of sp³-hybridized carbons (Fsp3) is 0.0909. The van der Waals surface area contributed by atoms with E-state index in [1.165, 1.54) is 0 Å². The van der Waals surface area contributed by atoms with Crippen LogP contribution < -0.4 is 5.56 Å². The van der Waals surface area contributed by atoms with Gasteiger partial charge in [0.15, 0.2) is 5.82 Å². The molecule has 1 N–H and O–H groups in total. The van der Waals surface area contributed by atoms with Crippen molar-refractivity contribution >= 4 is 45.1 Å². The molecular weight excluding hydrogens is 372 g/mol. The minimum Gasteiger partial charge on any atom is -0.305 e. The number of rotatable bonds is 2. The number of hydrogen-bond donors (Lipinski definition) is 1. The minimum absolute atomic E-state index is 0.197. The molecule has 4 rings (SSSR count). The van der Waals surface area contributed by atoms with Crippen LogP contribution in [-0.4, -0.2) is 15.0 Å². The molecule has 0 amide bonds. The molecular formula is C22H15ClN4O. The lowest BCUT2D eigenvalue weighted by Crippen LogP contribution is -2.11. The molecule has 4 aromatic rings. The van der Waals surface area contributed by atoms with Gasteiger partial charge in [-0.2, -0.15) is 5.26 Å². The van der Waals surface area contributed by atoms with Crippen molar-refractivity contribution in [3.63, 3.8) is 0 Å². The van der Waals surface area contributed by atoms with Gasteiger partial charge in [0.1, 0.15) is 11.2 Å². The van der Waals surface area contributed by atoms with E-state index in [1.807, 2.05) is 32.0 Å². The molecule has 0 aliphatic carbocycles. The van der Waals surface area contributed by atoms with Crippen molar-refractivity contribution in [2.75, 3.05) is 0 Å². The smallest absolute Gasteiger partial charge is 0.259 e. The molecule has 0 fully saturated rings. The van der Waals surface area contributed by atoms with Gasteiger partial charge in [0.05, 0.1) is 22.0 Å². The molecule has 0 radical (unpaired) electrons. The lowest BCUT2D eigenvalue weighted by molar-refractivity contribution is 1.13. The highest BCUT2D eigenvalue weighted by Gasteiger charge is 2.11. The third kappa shape index (κ3) is 3.15. The number of pyridine rings is 1. The number of aryl methyl sites for hydroxylation is 2. The van der Waals surface area contributed by atoms with Crippen LogP contribution in [0.25, 0.3) is 33.5 Å². The van der Waals surface area contributed by atoms with Crippen LogP contribution in [0.15, 0.2) is 47.3 Å². The van der Waals surface area contributed by atoms with E-state index < -0.39 is 0 Å². The number of hydrogen-bond acceptors (Lipinski definition) is 4.